The number of aromatic carboxylic acids is 1. The van der Waals surface area contributed by atoms with E-state index in [0.29, 0.717) is 11.1 Å². The molecule has 0 aromatic heterocycles. The molecule has 1 aromatic rings. The normalized spacial score (nSPS) is 10.5. The number of rotatable bonds is 2. The van der Waals surface area contributed by atoms with Crippen LogP contribution in [0, 0.1) is 0 Å². The smallest absolute Gasteiger partial charge is 0.338 e. The van der Waals surface area contributed by atoms with Gasteiger partial charge in [0.15, 0.2) is 11.3 Å². The molecule has 1 aliphatic heterocycles. The largest absolute Gasteiger partial charge is 0.501 e. The molecule has 120 valence electrons. The third-order valence-corrected chi connectivity index (χ3v) is 3.33. The first-order valence-corrected chi connectivity index (χ1v) is 6.39. The zero-order valence-corrected chi connectivity index (χ0v) is 13.0. The maximum atomic E-state index is 11.7. The Bertz CT molecular complexity index is 935. The summed E-state index contributed by atoms with van der Waals surface area (Å²) in [7, 11) is 3.71. The highest BCUT2D eigenvalue weighted by molar-refractivity contribution is 5.96. The standard InChI is InChI=1S/C15H12N2O5.ClH/c1-17(2)7-3-4-9-11(5-7)22-14-12(16-9)8(15(20)21)6-10(18)13(14)19;/h3-6,19H,1-2H3,(H,20,21);1H. The summed E-state index contributed by atoms with van der Waals surface area (Å²) in [6, 6.07) is 6.02. The molecule has 23 heavy (non-hydrogen) atoms. The zero-order valence-electron chi connectivity index (χ0n) is 12.2. The Balaban J connectivity index is 0.00000192. The lowest BCUT2D eigenvalue weighted by atomic mass is 10.1. The van der Waals surface area contributed by atoms with Crippen LogP contribution in [0.1, 0.15) is 10.4 Å². The van der Waals surface area contributed by atoms with E-state index in [2.05, 4.69) is 4.98 Å². The summed E-state index contributed by atoms with van der Waals surface area (Å²) in [6.45, 7) is 0. The fourth-order valence-electron chi connectivity index (χ4n) is 2.17. The minimum Gasteiger partial charge on any atom is -0.501 e. The van der Waals surface area contributed by atoms with Crippen molar-refractivity contribution in [2.24, 2.45) is 0 Å². The highest BCUT2D eigenvalue weighted by Gasteiger charge is 2.24. The second-order valence-corrected chi connectivity index (χ2v) is 5.01. The van der Waals surface area contributed by atoms with Crippen LogP contribution in [0.5, 0.6) is 5.75 Å². The molecule has 0 spiro atoms. The molecule has 0 amide bonds. The SMILES string of the molecule is CN(C)c1ccc2nc3c(C(=O)O)cc(=O)c(O)c-3oc2c1.Cl. The predicted molar refractivity (Wildman–Crippen MR) is 87.1 cm³/mol. The van der Waals surface area contributed by atoms with Crippen LogP contribution in [0.4, 0.5) is 5.69 Å². The number of halogens is 1. The monoisotopic (exact) mass is 336 g/mol. The fraction of sp³-hybridized carbons (Fsp3) is 0.133. The predicted octanol–water partition coefficient (Wildman–Crippen LogP) is 2.18. The minimum atomic E-state index is -1.31. The molecule has 0 radical (unpaired) electrons. The van der Waals surface area contributed by atoms with Crippen LogP contribution in [0.25, 0.3) is 22.6 Å². The molecular formula is C15H13ClN2O5. The van der Waals surface area contributed by atoms with E-state index in [9.17, 15) is 19.8 Å². The zero-order chi connectivity index (χ0) is 16.0. The Morgan fingerprint density at radius 2 is 1.96 bits per heavy atom. The Morgan fingerprint density at radius 3 is 2.57 bits per heavy atom. The van der Waals surface area contributed by atoms with Crippen LogP contribution in [0.3, 0.4) is 0 Å². The first kappa shape index (κ1) is 16.6. The summed E-state index contributed by atoms with van der Waals surface area (Å²) in [6.07, 6.45) is 0. The van der Waals surface area contributed by atoms with E-state index < -0.39 is 17.1 Å². The van der Waals surface area contributed by atoms with Crippen LogP contribution in [-0.4, -0.2) is 35.3 Å². The molecule has 2 N–H and O–H groups in total. The number of phenolic OH excluding ortho intramolecular Hbond substituents is 1. The number of hydrogen-bond acceptors (Lipinski definition) is 6. The van der Waals surface area contributed by atoms with Crippen molar-refractivity contribution >= 4 is 35.2 Å². The molecule has 0 unspecified atom stereocenters. The number of fused-ring (bicyclic) bond motifs is 2. The van der Waals surface area contributed by atoms with Crippen LogP contribution in [0.15, 0.2) is 33.5 Å². The topological polar surface area (TPSA) is 104 Å². The van der Waals surface area contributed by atoms with Crippen molar-refractivity contribution < 1.29 is 19.4 Å². The summed E-state index contributed by atoms with van der Waals surface area (Å²) >= 11 is 0. The van der Waals surface area contributed by atoms with Crippen molar-refractivity contribution in [3.05, 3.63) is 40.1 Å². The molecule has 0 saturated carbocycles. The molecule has 0 fully saturated rings. The van der Waals surface area contributed by atoms with Gasteiger partial charge in [-0.1, -0.05) is 0 Å². The Labute approximate surface area is 136 Å². The van der Waals surface area contributed by atoms with Gasteiger partial charge < -0.3 is 19.5 Å². The summed E-state index contributed by atoms with van der Waals surface area (Å²) in [5, 5.41) is 19.0. The lowest BCUT2D eigenvalue weighted by Gasteiger charge is -2.14. The van der Waals surface area contributed by atoms with Crippen molar-refractivity contribution in [3.8, 4) is 17.2 Å². The van der Waals surface area contributed by atoms with Gasteiger partial charge in [0.1, 0.15) is 11.2 Å². The summed E-state index contributed by atoms with van der Waals surface area (Å²) in [5.74, 6) is -2.19. The van der Waals surface area contributed by atoms with Gasteiger partial charge in [0.05, 0.1) is 5.56 Å². The van der Waals surface area contributed by atoms with Gasteiger partial charge in [0.25, 0.3) is 0 Å². The number of aromatic nitrogens is 1. The number of phenols is 1. The van der Waals surface area contributed by atoms with Gasteiger partial charge >= 0.3 is 5.97 Å². The number of anilines is 1. The Hall–Kier alpha value is -2.80. The molecule has 0 bridgehead atoms. The first-order chi connectivity index (χ1) is 10.4. The Morgan fingerprint density at radius 1 is 1.26 bits per heavy atom. The molecule has 7 nitrogen and oxygen atoms in total. The minimum absolute atomic E-state index is 0. The number of carboxylic acid groups (broad SMARTS) is 1. The number of benzene rings is 2. The van der Waals surface area contributed by atoms with Crippen molar-refractivity contribution in [2.45, 2.75) is 0 Å². The fourth-order valence-corrected chi connectivity index (χ4v) is 2.17. The summed E-state index contributed by atoms with van der Waals surface area (Å²) in [5.41, 5.74) is 0.427. The summed E-state index contributed by atoms with van der Waals surface area (Å²) in [4.78, 5) is 29.0. The van der Waals surface area contributed by atoms with Gasteiger partial charge in [-0.3, -0.25) is 4.79 Å². The van der Waals surface area contributed by atoms with E-state index in [4.69, 9.17) is 4.42 Å². The van der Waals surface area contributed by atoms with E-state index in [1.54, 1.807) is 18.2 Å². The average molecular weight is 337 g/mol. The number of nitrogens with zero attached hydrogens (tertiary/aromatic N) is 2. The molecule has 8 heteroatoms. The van der Waals surface area contributed by atoms with Crippen LogP contribution < -0.4 is 10.3 Å². The highest BCUT2D eigenvalue weighted by Crippen LogP contribution is 2.33. The van der Waals surface area contributed by atoms with Crippen molar-refractivity contribution in [3.63, 3.8) is 0 Å². The van der Waals surface area contributed by atoms with Gasteiger partial charge in [-0.05, 0) is 12.1 Å². The van der Waals surface area contributed by atoms with Crippen molar-refractivity contribution in [2.75, 3.05) is 19.0 Å². The maximum Gasteiger partial charge on any atom is 0.338 e. The lowest BCUT2D eigenvalue weighted by molar-refractivity contribution is 0.0697. The number of carboxylic acids is 1. The summed E-state index contributed by atoms with van der Waals surface area (Å²) < 4.78 is 5.54. The molecule has 0 saturated heterocycles. The van der Waals surface area contributed by atoms with Gasteiger partial charge in [0.2, 0.25) is 11.2 Å². The van der Waals surface area contributed by atoms with Gasteiger partial charge in [-0.15, -0.1) is 12.4 Å². The molecule has 0 atom stereocenters. The van der Waals surface area contributed by atoms with E-state index in [1.165, 1.54) is 0 Å². The average Bonchev–Trinajstić information content (AvgIpc) is 2.48. The van der Waals surface area contributed by atoms with Crippen LogP contribution in [0.2, 0.25) is 0 Å². The lowest BCUT2D eigenvalue weighted by Crippen LogP contribution is -2.11. The molecular weight excluding hydrogens is 324 g/mol. The van der Waals surface area contributed by atoms with E-state index in [0.717, 1.165) is 11.8 Å². The van der Waals surface area contributed by atoms with E-state index >= 15 is 0 Å². The number of carbonyl (C=O) groups is 1. The highest BCUT2D eigenvalue weighted by atomic mass is 35.5. The molecule has 1 aromatic carbocycles. The Kier molecular flexibility index (Phi) is 4.16. The van der Waals surface area contributed by atoms with Gasteiger partial charge in [-0.2, -0.15) is 0 Å². The number of aromatic hydroxyl groups is 1. The van der Waals surface area contributed by atoms with E-state index in [1.807, 2.05) is 19.0 Å². The van der Waals surface area contributed by atoms with Gasteiger partial charge in [-0.25, -0.2) is 9.78 Å². The molecule has 2 aliphatic rings. The van der Waals surface area contributed by atoms with Gasteiger partial charge in [0, 0.05) is 31.9 Å². The van der Waals surface area contributed by atoms with Crippen LogP contribution >= 0.6 is 12.4 Å². The van der Waals surface area contributed by atoms with Crippen molar-refractivity contribution in [1.82, 2.24) is 4.98 Å². The third kappa shape index (κ3) is 2.66. The number of hydrogen-bond donors (Lipinski definition) is 2. The van der Waals surface area contributed by atoms with Crippen molar-refractivity contribution in [1.29, 1.82) is 0 Å². The maximum absolute atomic E-state index is 11.7. The first-order valence-electron chi connectivity index (χ1n) is 6.39. The van der Waals surface area contributed by atoms with E-state index in [-0.39, 0.29) is 29.4 Å². The second-order valence-electron chi connectivity index (χ2n) is 5.01. The molecule has 3 rings (SSSR count). The second kappa shape index (κ2) is 5.77. The third-order valence-electron chi connectivity index (χ3n) is 3.33. The van der Waals surface area contributed by atoms with Crippen LogP contribution in [-0.2, 0) is 0 Å². The molecule has 1 aliphatic carbocycles. The quantitative estimate of drug-likeness (QED) is 0.691. The molecule has 1 heterocycles.